The van der Waals surface area contributed by atoms with Gasteiger partial charge in [0, 0.05) is 10.3 Å². The molecular weight excluding hydrogens is 440 g/mol. The van der Waals surface area contributed by atoms with E-state index in [1.54, 1.807) is 32.2 Å². The summed E-state index contributed by atoms with van der Waals surface area (Å²) < 4.78 is 10.5. The first-order chi connectivity index (χ1) is 15.4. The predicted octanol–water partition coefficient (Wildman–Crippen LogP) is 4.02. The molecule has 1 unspecified atom stereocenters. The number of benzene rings is 1. The third-order valence-electron chi connectivity index (χ3n) is 4.59. The normalized spacial score (nSPS) is 12.7. The summed E-state index contributed by atoms with van der Waals surface area (Å²) in [5.41, 5.74) is 0.657. The zero-order chi connectivity index (χ0) is 25.8. The molecule has 33 heavy (non-hydrogen) atoms. The van der Waals surface area contributed by atoms with E-state index in [4.69, 9.17) is 9.47 Å². The Balaban J connectivity index is 0.00000497. The van der Waals surface area contributed by atoms with Crippen molar-refractivity contribution in [2.45, 2.75) is 78.6 Å². The first-order valence-corrected chi connectivity index (χ1v) is 12.3. The quantitative estimate of drug-likeness (QED) is 0.495. The molecule has 0 aliphatic rings. The molecule has 1 aromatic carbocycles. The lowest BCUT2D eigenvalue weighted by Crippen LogP contribution is -2.53. The molecule has 188 valence electrons. The number of methoxy groups -OCH3 is 2. The number of hydrogen-bond acceptors (Lipinski definition) is 6. The molecule has 1 rings (SSSR count). The number of ketones is 1. The Labute approximate surface area is 203 Å². The Morgan fingerprint density at radius 1 is 1.00 bits per heavy atom. The minimum absolute atomic E-state index is 0.0327. The monoisotopic (exact) mass is 482 g/mol. The number of rotatable bonds is 11. The van der Waals surface area contributed by atoms with Gasteiger partial charge in [0.15, 0.2) is 5.78 Å². The third-order valence-corrected chi connectivity index (χ3v) is 5.89. The molecule has 0 bridgehead atoms. The van der Waals surface area contributed by atoms with E-state index in [9.17, 15) is 14.4 Å². The van der Waals surface area contributed by atoms with Crippen molar-refractivity contribution in [2.75, 3.05) is 20.0 Å². The summed E-state index contributed by atoms with van der Waals surface area (Å²) in [7, 11) is 3.08. The fraction of sp³-hybridized carbons (Fsp3) is 0.640. The minimum Gasteiger partial charge on any atom is -0.497 e. The van der Waals surface area contributed by atoms with Crippen molar-refractivity contribution in [3.8, 4) is 11.5 Å². The van der Waals surface area contributed by atoms with E-state index in [0.29, 0.717) is 22.8 Å². The summed E-state index contributed by atoms with van der Waals surface area (Å²) in [5.74, 6) is 0.606. The third kappa shape index (κ3) is 11.5. The van der Waals surface area contributed by atoms with Gasteiger partial charge in [0.2, 0.25) is 11.8 Å². The molecule has 0 fully saturated rings. The van der Waals surface area contributed by atoms with Crippen molar-refractivity contribution in [3.05, 3.63) is 23.8 Å². The van der Waals surface area contributed by atoms with Crippen molar-refractivity contribution in [1.29, 1.82) is 0 Å². The highest BCUT2D eigenvalue weighted by molar-refractivity contribution is 8.01. The first kappa shape index (κ1) is 30.8. The van der Waals surface area contributed by atoms with Gasteiger partial charge in [-0.25, -0.2) is 0 Å². The van der Waals surface area contributed by atoms with Crippen molar-refractivity contribution < 1.29 is 23.9 Å². The molecule has 2 N–H and O–H groups in total. The molecule has 0 aromatic heterocycles. The van der Waals surface area contributed by atoms with Gasteiger partial charge in [-0.3, -0.25) is 14.4 Å². The molecule has 8 heteroatoms. The number of Topliss-reactive ketones (excluding diaryl/α,β-unsaturated/α-hetero) is 1. The summed E-state index contributed by atoms with van der Waals surface area (Å²) in [6.07, 6.45) is 0.0353. The number of thioether (sulfide) groups is 1. The summed E-state index contributed by atoms with van der Waals surface area (Å²) >= 11 is 1.54. The highest BCUT2D eigenvalue weighted by Crippen LogP contribution is 2.25. The molecule has 1 aromatic rings. The van der Waals surface area contributed by atoms with E-state index in [1.807, 2.05) is 48.5 Å². The Morgan fingerprint density at radius 2 is 1.61 bits per heavy atom. The van der Waals surface area contributed by atoms with E-state index in [1.165, 1.54) is 18.9 Å². The van der Waals surface area contributed by atoms with Gasteiger partial charge in [-0.15, -0.1) is 11.8 Å². The standard InChI is InChI=1S/C23H36N2O5S.C2H6/c1-14(2)21(22(28)24-15(3)18(26)13-31-23(4,5)6)25-20(27)12-16-11-17(29-7)9-10-19(16)30-8;1-2/h9-11,14-15,21H,12-13H2,1-8H3,(H,24,28)(H,25,27);1-2H3/t15-,21?;/m0./s1. The van der Waals surface area contributed by atoms with Gasteiger partial charge < -0.3 is 20.1 Å². The molecule has 0 radical (unpaired) electrons. The maximum atomic E-state index is 12.8. The average Bonchev–Trinajstić information content (AvgIpc) is 2.76. The highest BCUT2D eigenvalue weighted by atomic mass is 32.2. The molecule has 2 amide bonds. The molecule has 0 aliphatic carbocycles. The fourth-order valence-electron chi connectivity index (χ4n) is 2.75. The van der Waals surface area contributed by atoms with E-state index in [0.717, 1.165) is 0 Å². The van der Waals surface area contributed by atoms with Crippen molar-refractivity contribution >= 4 is 29.4 Å². The van der Waals surface area contributed by atoms with Crippen molar-refractivity contribution in [3.63, 3.8) is 0 Å². The van der Waals surface area contributed by atoms with E-state index in [-0.39, 0.29) is 34.7 Å². The van der Waals surface area contributed by atoms with Gasteiger partial charge >= 0.3 is 0 Å². The van der Waals surface area contributed by atoms with Gasteiger partial charge in [-0.1, -0.05) is 48.5 Å². The summed E-state index contributed by atoms with van der Waals surface area (Å²) in [6.45, 7) is 15.5. The zero-order valence-electron chi connectivity index (χ0n) is 21.8. The smallest absolute Gasteiger partial charge is 0.243 e. The van der Waals surface area contributed by atoms with Gasteiger partial charge in [-0.05, 0) is 31.0 Å². The van der Waals surface area contributed by atoms with Crippen LogP contribution < -0.4 is 20.1 Å². The number of carbonyl (C=O) groups excluding carboxylic acids is 3. The Morgan fingerprint density at radius 3 is 2.09 bits per heavy atom. The van der Waals surface area contributed by atoms with Crippen LogP contribution in [0.4, 0.5) is 0 Å². The van der Waals surface area contributed by atoms with Gasteiger partial charge in [0.05, 0.1) is 32.4 Å². The second-order valence-corrected chi connectivity index (χ2v) is 10.5. The molecular formula is C25H42N2O5S. The molecule has 0 saturated heterocycles. The molecule has 7 nitrogen and oxygen atoms in total. The number of ether oxygens (including phenoxy) is 2. The number of amides is 2. The van der Waals surface area contributed by atoms with Crippen molar-refractivity contribution in [2.24, 2.45) is 5.92 Å². The largest absolute Gasteiger partial charge is 0.497 e. The van der Waals surface area contributed by atoms with Crippen LogP contribution in [0.25, 0.3) is 0 Å². The van der Waals surface area contributed by atoms with Crippen LogP contribution in [0.2, 0.25) is 0 Å². The molecule has 0 aliphatic heterocycles. The number of nitrogens with one attached hydrogen (secondary N) is 2. The van der Waals surface area contributed by atoms with Crippen LogP contribution in [-0.2, 0) is 20.8 Å². The summed E-state index contributed by atoms with van der Waals surface area (Å²) in [4.78, 5) is 37.8. The molecule has 2 atom stereocenters. The minimum atomic E-state index is -0.755. The van der Waals surface area contributed by atoms with Crippen LogP contribution in [0.5, 0.6) is 11.5 Å². The van der Waals surface area contributed by atoms with E-state index >= 15 is 0 Å². The number of hydrogen-bond donors (Lipinski definition) is 2. The maximum absolute atomic E-state index is 12.8. The molecule has 0 heterocycles. The van der Waals surface area contributed by atoms with Crippen LogP contribution in [0, 0.1) is 5.92 Å². The zero-order valence-corrected chi connectivity index (χ0v) is 22.6. The molecule has 0 spiro atoms. The lowest BCUT2D eigenvalue weighted by Gasteiger charge is -2.24. The first-order valence-electron chi connectivity index (χ1n) is 11.3. The van der Waals surface area contributed by atoms with Crippen molar-refractivity contribution in [1.82, 2.24) is 10.6 Å². The van der Waals surface area contributed by atoms with Gasteiger partial charge in [0.1, 0.15) is 17.5 Å². The van der Waals surface area contributed by atoms with E-state index in [2.05, 4.69) is 10.6 Å². The van der Waals surface area contributed by atoms with Crippen LogP contribution in [0.15, 0.2) is 18.2 Å². The Hall–Kier alpha value is -2.22. The van der Waals surface area contributed by atoms with Crippen LogP contribution in [0.1, 0.15) is 61.0 Å². The maximum Gasteiger partial charge on any atom is 0.243 e. The van der Waals surface area contributed by atoms with Crippen LogP contribution >= 0.6 is 11.8 Å². The SMILES string of the molecule is CC.COc1ccc(OC)c(CC(=O)NC(C(=O)N[C@@H](C)C(=O)CSC(C)(C)C)C(C)C)c1. The predicted molar refractivity (Wildman–Crippen MR) is 136 cm³/mol. The summed E-state index contributed by atoms with van der Waals surface area (Å²) in [6, 6.07) is 3.84. The second kappa shape index (κ2) is 14.8. The second-order valence-electron chi connectivity index (χ2n) is 8.74. The number of carbonyl (C=O) groups is 3. The van der Waals surface area contributed by atoms with Crippen LogP contribution in [0.3, 0.4) is 0 Å². The van der Waals surface area contributed by atoms with Gasteiger partial charge in [0.25, 0.3) is 0 Å². The lowest BCUT2D eigenvalue weighted by atomic mass is 10.0. The molecule has 0 saturated carbocycles. The van der Waals surface area contributed by atoms with Crippen LogP contribution in [-0.4, -0.2) is 54.4 Å². The van der Waals surface area contributed by atoms with Gasteiger partial charge in [-0.2, -0.15) is 0 Å². The highest BCUT2D eigenvalue weighted by Gasteiger charge is 2.27. The Bertz CT molecular complexity index is 775. The fourth-order valence-corrected chi connectivity index (χ4v) is 3.57. The van der Waals surface area contributed by atoms with E-state index < -0.39 is 12.1 Å². The average molecular weight is 483 g/mol. The topological polar surface area (TPSA) is 93.7 Å². The Kier molecular flexibility index (Phi) is 13.8. The summed E-state index contributed by atoms with van der Waals surface area (Å²) in [5, 5.41) is 5.54. The lowest BCUT2D eigenvalue weighted by molar-refractivity contribution is -0.131.